The number of quaternary nitrogens is 1. The zero-order valence-electron chi connectivity index (χ0n) is 8.53. The summed E-state index contributed by atoms with van der Waals surface area (Å²) in [7, 11) is 6.42. The SMILES string of the molecule is C[N+](C)(C)CCOc1ccccn1. The third kappa shape index (κ3) is 4.48. The van der Waals surface area contributed by atoms with Gasteiger partial charge in [-0.3, -0.25) is 0 Å². The molecule has 72 valence electrons. The number of likely N-dealkylation sites (N-methyl/N-ethyl adjacent to an activating group) is 1. The van der Waals surface area contributed by atoms with Gasteiger partial charge in [0.25, 0.3) is 0 Å². The Bertz CT molecular complexity index is 241. The molecule has 1 heterocycles. The van der Waals surface area contributed by atoms with Crippen LogP contribution in [0.3, 0.4) is 0 Å². The first-order chi connectivity index (χ1) is 6.08. The van der Waals surface area contributed by atoms with Crippen LogP contribution in [0.4, 0.5) is 0 Å². The van der Waals surface area contributed by atoms with Crippen molar-refractivity contribution in [3.63, 3.8) is 0 Å². The third-order valence-corrected chi connectivity index (χ3v) is 1.65. The summed E-state index contributed by atoms with van der Waals surface area (Å²) in [5, 5.41) is 0. The Morgan fingerprint density at radius 2 is 2.08 bits per heavy atom. The number of nitrogens with zero attached hydrogens (tertiary/aromatic N) is 2. The molecule has 1 aromatic heterocycles. The van der Waals surface area contributed by atoms with E-state index < -0.39 is 0 Å². The molecule has 0 unspecified atom stereocenters. The predicted octanol–water partition coefficient (Wildman–Crippen LogP) is 1.17. The Kier molecular flexibility index (Phi) is 3.25. The minimum atomic E-state index is 0.705. The second-order valence-corrected chi connectivity index (χ2v) is 4.03. The lowest BCUT2D eigenvalue weighted by Gasteiger charge is -2.23. The summed E-state index contributed by atoms with van der Waals surface area (Å²) in [6.07, 6.45) is 1.74. The molecular weight excluding hydrogens is 164 g/mol. The zero-order chi connectivity index (χ0) is 9.73. The smallest absolute Gasteiger partial charge is 0.213 e. The highest BCUT2D eigenvalue weighted by Gasteiger charge is 2.06. The molecule has 0 saturated heterocycles. The molecular formula is C10H17N2O+. The molecule has 0 atom stereocenters. The molecule has 0 aliphatic heterocycles. The van der Waals surface area contributed by atoms with Crippen molar-refractivity contribution >= 4 is 0 Å². The Balaban J connectivity index is 2.29. The van der Waals surface area contributed by atoms with E-state index in [9.17, 15) is 0 Å². The first-order valence-corrected chi connectivity index (χ1v) is 4.42. The lowest BCUT2D eigenvalue weighted by atomic mass is 10.5. The Morgan fingerprint density at radius 1 is 1.31 bits per heavy atom. The largest absolute Gasteiger partial charge is 0.472 e. The van der Waals surface area contributed by atoms with Crippen LogP contribution in [-0.4, -0.2) is 43.8 Å². The summed E-state index contributed by atoms with van der Waals surface area (Å²) in [5.74, 6) is 0.705. The van der Waals surface area contributed by atoms with Gasteiger partial charge in [-0.05, 0) is 6.07 Å². The third-order valence-electron chi connectivity index (χ3n) is 1.65. The first-order valence-electron chi connectivity index (χ1n) is 4.42. The van der Waals surface area contributed by atoms with Crippen molar-refractivity contribution in [1.29, 1.82) is 0 Å². The Hall–Kier alpha value is -1.09. The number of rotatable bonds is 4. The van der Waals surface area contributed by atoms with E-state index >= 15 is 0 Å². The summed E-state index contributed by atoms with van der Waals surface area (Å²) in [6, 6.07) is 5.68. The van der Waals surface area contributed by atoms with Gasteiger partial charge in [0.15, 0.2) is 0 Å². The van der Waals surface area contributed by atoms with E-state index in [4.69, 9.17) is 4.74 Å². The van der Waals surface area contributed by atoms with Gasteiger partial charge < -0.3 is 9.22 Å². The van der Waals surface area contributed by atoms with Crippen molar-refractivity contribution in [2.75, 3.05) is 34.3 Å². The van der Waals surface area contributed by atoms with E-state index in [-0.39, 0.29) is 0 Å². The fraction of sp³-hybridized carbons (Fsp3) is 0.500. The summed E-state index contributed by atoms with van der Waals surface area (Å²) in [4.78, 5) is 4.07. The average molecular weight is 181 g/mol. The van der Waals surface area contributed by atoms with Gasteiger partial charge in [-0.1, -0.05) is 6.07 Å². The van der Waals surface area contributed by atoms with Crippen LogP contribution in [0.5, 0.6) is 5.88 Å². The van der Waals surface area contributed by atoms with E-state index in [1.54, 1.807) is 6.20 Å². The van der Waals surface area contributed by atoms with Gasteiger partial charge in [-0.2, -0.15) is 0 Å². The molecule has 0 fully saturated rings. The Labute approximate surface area is 79.6 Å². The highest BCUT2D eigenvalue weighted by atomic mass is 16.5. The molecule has 0 saturated carbocycles. The van der Waals surface area contributed by atoms with Crippen molar-refractivity contribution in [3.8, 4) is 5.88 Å². The number of ether oxygens (including phenoxy) is 1. The number of pyridine rings is 1. The lowest BCUT2D eigenvalue weighted by Crippen LogP contribution is -2.38. The Morgan fingerprint density at radius 3 is 2.62 bits per heavy atom. The van der Waals surface area contributed by atoms with Gasteiger partial charge in [-0.25, -0.2) is 4.98 Å². The molecule has 0 N–H and O–H groups in total. The first kappa shape index (κ1) is 9.99. The van der Waals surface area contributed by atoms with Crippen LogP contribution >= 0.6 is 0 Å². The molecule has 1 rings (SSSR count). The van der Waals surface area contributed by atoms with Crippen LogP contribution in [-0.2, 0) is 0 Å². The standard InChI is InChI=1S/C10H17N2O/c1-12(2,3)8-9-13-10-6-4-5-7-11-10/h4-7H,8-9H2,1-3H3/q+1. The van der Waals surface area contributed by atoms with Crippen molar-refractivity contribution < 1.29 is 9.22 Å². The van der Waals surface area contributed by atoms with Gasteiger partial charge >= 0.3 is 0 Å². The fourth-order valence-corrected chi connectivity index (χ4v) is 0.857. The van der Waals surface area contributed by atoms with Crippen molar-refractivity contribution in [2.45, 2.75) is 0 Å². The molecule has 0 radical (unpaired) electrons. The molecule has 3 heteroatoms. The number of hydrogen-bond acceptors (Lipinski definition) is 2. The molecule has 3 nitrogen and oxygen atoms in total. The zero-order valence-corrected chi connectivity index (χ0v) is 8.53. The number of aromatic nitrogens is 1. The van der Waals surface area contributed by atoms with Crippen LogP contribution in [0.25, 0.3) is 0 Å². The van der Waals surface area contributed by atoms with E-state index in [0.29, 0.717) is 12.5 Å². The molecule has 1 aromatic rings. The molecule has 0 spiro atoms. The van der Waals surface area contributed by atoms with Crippen LogP contribution in [0.15, 0.2) is 24.4 Å². The number of hydrogen-bond donors (Lipinski definition) is 0. The van der Waals surface area contributed by atoms with Gasteiger partial charge in [0.2, 0.25) is 5.88 Å². The van der Waals surface area contributed by atoms with Crippen molar-refractivity contribution in [2.24, 2.45) is 0 Å². The topological polar surface area (TPSA) is 22.1 Å². The maximum atomic E-state index is 5.46. The van der Waals surface area contributed by atoms with E-state index in [1.165, 1.54) is 0 Å². The van der Waals surface area contributed by atoms with Gasteiger partial charge in [-0.15, -0.1) is 0 Å². The summed E-state index contributed by atoms with van der Waals surface area (Å²) in [5.41, 5.74) is 0. The summed E-state index contributed by atoms with van der Waals surface area (Å²) in [6.45, 7) is 1.69. The molecule has 13 heavy (non-hydrogen) atoms. The molecule has 0 aromatic carbocycles. The quantitative estimate of drug-likeness (QED) is 0.650. The van der Waals surface area contributed by atoms with Gasteiger partial charge in [0.1, 0.15) is 13.2 Å². The maximum absolute atomic E-state index is 5.46. The maximum Gasteiger partial charge on any atom is 0.213 e. The van der Waals surface area contributed by atoms with Crippen molar-refractivity contribution in [1.82, 2.24) is 4.98 Å². The summed E-state index contributed by atoms with van der Waals surface area (Å²) >= 11 is 0. The van der Waals surface area contributed by atoms with Crippen LogP contribution < -0.4 is 4.74 Å². The van der Waals surface area contributed by atoms with Crippen LogP contribution in [0, 0.1) is 0 Å². The van der Waals surface area contributed by atoms with Crippen molar-refractivity contribution in [3.05, 3.63) is 24.4 Å². The minimum Gasteiger partial charge on any atom is -0.472 e. The normalized spacial score (nSPS) is 11.3. The second kappa shape index (κ2) is 4.23. The highest BCUT2D eigenvalue weighted by molar-refractivity contribution is 5.08. The second-order valence-electron chi connectivity index (χ2n) is 4.03. The molecule has 0 amide bonds. The fourth-order valence-electron chi connectivity index (χ4n) is 0.857. The molecule has 0 aliphatic rings. The predicted molar refractivity (Wildman–Crippen MR) is 52.6 cm³/mol. The van der Waals surface area contributed by atoms with Crippen LogP contribution in [0.2, 0.25) is 0 Å². The van der Waals surface area contributed by atoms with E-state index in [0.717, 1.165) is 11.0 Å². The average Bonchev–Trinajstić information content (AvgIpc) is 2.04. The molecule has 0 bridgehead atoms. The van der Waals surface area contributed by atoms with E-state index in [2.05, 4.69) is 26.1 Å². The van der Waals surface area contributed by atoms with Crippen LogP contribution in [0.1, 0.15) is 0 Å². The monoisotopic (exact) mass is 181 g/mol. The highest BCUT2D eigenvalue weighted by Crippen LogP contribution is 2.03. The minimum absolute atomic E-state index is 0.705. The molecule has 0 aliphatic carbocycles. The van der Waals surface area contributed by atoms with Gasteiger partial charge in [0.05, 0.1) is 21.1 Å². The van der Waals surface area contributed by atoms with Gasteiger partial charge in [0, 0.05) is 12.3 Å². The summed E-state index contributed by atoms with van der Waals surface area (Å²) < 4.78 is 6.36. The van der Waals surface area contributed by atoms with E-state index in [1.807, 2.05) is 18.2 Å². The lowest BCUT2D eigenvalue weighted by molar-refractivity contribution is -0.870.